The molecule has 4 heterocycles. The monoisotopic (exact) mass is 842 g/mol. The van der Waals surface area contributed by atoms with Crippen molar-refractivity contribution >= 4 is 76.5 Å². The first-order valence-electron chi connectivity index (χ1n) is 22.2. The molecule has 0 atom stereocenters. The first-order chi connectivity index (χ1) is 32.6. The zero-order valence-electron chi connectivity index (χ0n) is 35.2. The van der Waals surface area contributed by atoms with Gasteiger partial charge >= 0.3 is 0 Å². The van der Waals surface area contributed by atoms with Gasteiger partial charge in [-0.2, -0.15) is 0 Å². The maximum atomic E-state index is 15.0. The lowest BCUT2D eigenvalue weighted by Crippen LogP contribution is -2.13. The molecular formula is C60H34N4O2. The Hall–Kier alpha value is -9.00. The van der Waals surface area contributed by atoms with Gasteiger partial charge in [0.25, 0.3) is 11.1 Å². The molecule has 14 aromatic rings. The van der Waals surface area contributed by atoms with Crippen LogP contribution in [0, 0.1) is 0 Å². The fraction of sp³-hybridized carbons (Fsp3) is 0. The summed E-state index contributed by atoms with van der Waals surface area (Å²) in [4.78, 5) is 40.6. The smallest absolute Gasteiger partial charge is 0.264 e. The molecule has 10 aromatic carbocycles. The minimum Gasteiger partial charge on any atom is -0.268 e. The number of fused-ring (bicyclic) bond motifs is 8. The first kappa shape index (κ1) is 36.5. The summed E-state index contributed by atoms with van der Waals surface area (Å²) in [6, 6.07) is 70.2. The van der Waals surface area contributed by atoms with Crippen LogP contribution in [-0.4, -0.2) is 18.8 Å². The van der Waals surface area contributed by atoms with Crippen molar-refractivity contribution in [1.29, 1.82) is 0 Å². The fourth-order valence-electron chi connectivity index (χ4n) is 10.6. The minimum absolute atomic E-state index is 0.112. The van der Waals surface area contributed by atoms with E-state index in [-0.39, 0.29) is 11.1 Å². The summed E-state index contributed by atoms with van der Waals surface area (Å²) < 4.78 is 3.61. The summed E-state index contributed by atoms with van der Waals surface area (Å²) >= 11 is 0. The minimum atomic E-state index is -0.112. The molecule has 6 nitrogen and oxygen atoms in total. The Balaban J connectivity index is 1.02. The van der Waals surface area contributed by atoms with Crippen LogP contribution in [0.2, 0.25) is 0 Å². The molecule has 66 heavy (non-hydrogen) atoms. The number of aromatic nitrogens is 4. The average Bonchev–Trinajstić information content (AvgIpc) is 3.98. The van der Waals surface area contributed by atoms with Gasteiger partial charge in [-0.05, 0) is 97.7 Å². The van der Waals surface area contributed by atoms with E-state index in [0.717, 1.165) is 110 Å². The van der Waals surface area contributed by atoms with Crippen molar-refractivity contribution in [2.75, 3.05) is 0 Å². The second-order valence-electron chi connectivity index (χ2n) is 17.2. The van der Waals surface area contributed by atoms with Crippen LogP contribution < -0.4 is 11.1 Å². The molecule has 0 aliphatic heterocycles. The second kappa shape index (κ2) is 13.7. The Morgan fingerprint density at radius 2 is 0.652 bits per heavy atom. The van der Waals surface area contributed by atoms with Gasteiger partial charge in [-0.15, -0.1) is 0 Å². The maximum Gasteiger partial charge on any atom is 0.264 e. The van der Waals surface area contributed by atoms with Crippen molar-refractivity contribution in [2.24, 2.45) is 0 Å². The number of pyridine rings is 2. The third kappa shape index (κ3) is 5.12. The molecule has 0 fully saturated rings. The molecule has 4 aromatic heterocycles. The van der Waals surface area contributed by atoms with E-state index in [4.69, 9.17) is 9.97 Å². The number of imidazole rings is 2. The lowest BCUT2D eigenvalue weighted by Gasteiger charge is -2.15. The second-order valence-corrected chi connectivity index (χ2v) is 17.2. The number of nitrogens with zero attached hydrogens (tertiary/aromatic N) is 4. The topological polar surface area (TPSA) is 68.7 Å². The van der Waals surface area contributed by atoms with Gasteiger partial charge in [0.1, 0.15) is 11.3 Å². The van der Waals surface area contributed by atoms with Crippen molar-refractivity contribution < 1.29 is 0 Å². The molecule has 0 aliphatic rings. The van der Waals surface area contributed by atoms with Gasteiger partial charge < -0.3 is 0 Å². The van der Waals surface area contributed by atoms with Crippen LogP contribution in [0.25, 0.3) is 132 Å². The summed E-state index contributed by atoms with van der Waals surface area (Å²) in [7, 11) is 0. The van der Waals surface area contributed by atoms with Crippen LogP contribution in [-0.2, 0) is 0 Å². The Kier molecular flexibility index (Phi) is 7.60. The summed E-state index contributed by atoms with van der Waals surface area (Å²) in [5, 5.41) is 6.67. The molecule has 14 rings (SSSR count). The summed E-state index contributed by atoms with van der Waals surface area (Å²) in [5.41, 5.74) is 14.2. The van der Waals surface area contributed by atoms with Crippen molar-refractivity contribution in [1.82, 2.24) is 18.8 Å². The van der Waals surface area contributed by atoms with Crippen LogP contribution in [0.4, 0.5) is 0 Å². The first-order valence-corrected chi connectivity index (χ1v) is 22.2. The Labute approximate surface area is 376 Å². The predicted octanol–water partition coefficient (Wildman–Crippen LogP) is 13.8. The van der Waals surface area contributed by atoms with Gasteiger partial charge in [-0.25, -0.2) is 9.97 Å². The molecule has 0 spiro atoms. The van der Waals surface area contributed by atoms with E-state index in [1.54, 1.807) is 8.80 Å². The molecule has 0 radical (unpaired) electrons. The van der Waals surface area contributed by atoms with Gasteiger partial charge in [0, 0.05) is 43.4 Å². The zero-order valence-corrected chi connectivity index (χ0v) is 35.2. The number of hydrogen-bond donors (Lipinski definition) is 0. The van der Waals surface area contributed by atoms with E-state index in [2.05, 4.69) is 115 Å². The number of benzene rings is 10. The number of hydrogen-bond acceptors (Lipinski definition) is 4. The average molecular weight is 843 g/mol. The predicted molar refractivity (Wildman–Crippen MR) is 271 cm³/mol. The molecule has 0 bridgehead atoms. The van der Waals surface area contributed by atoms with E-state index in [1.165, 1.54) is 0 Å². The van der Waals surface area contributed by atoms with Crippen molar-refractivity contribution in [3.05, 3.63) is 227 Å². The van der Waals surface area contributed by atoms with Crippen LogP contribution in [0.5, 0.6) is 0 Å². The molecule has 6 heteroatoms. The van der Waals surface area contributed by atoms with Crippen LogP contribution in [0.1, 0.15) is 0 Å². The maximum absolute atomic E-state index is 15.0. The largest absolute Gasteiger partial charge is 0.268 e. The molecule has 306 valence electrons. The fourth-order valence-corrected chi connectivity index (χ4v) is 10.6. The Morgan fingerprint density at radius 1 is 0.288 bits per heavy atom. The van der Waals surface area contributed by atoms with Crippen LogP contribution in [0.3, 0.4) is 0 Å². The summed E-state index contributed by atoms with van der Waals surface area (Å²) in [6.07, 6.45) is 0. The van der Waals surface area contributed by atoms with Crippen LogP contribution >= 0.6 is 0 Å². The molecule has 0 N–H and O–H groups in total. The van der Waals surface area contributed by atoms with E-state index >= 15 is 0 Å². The quantitative estimate of drug-likeness (QED) is 0.173. The molecule has 0 saturated carbocycles. The highest BCUT2D eigenvalue weighted by Crippen LogP contribution is 2.43. The highest BCUT2D eigenvalue weighted by atomic mass is 16.1. The molecule has 0 saturated heterocycles. The number of rotatable bonds is 5. The van der Waals surface area contributed by atoms with Gasteiger partial charge in [-0.1, -0.05) is 164 Å². The Bertz CT molecular complexity index is 4180. The van der Waals surface area contributed by atoms with Crippen molar-refractivity contribution in [2.45, 2.75) is 0 Å². The normalized spacial score (nSPS) is 12.1. The lowest BCUT2D eigenvalue weighted by molar-refractivity contribution is 1.19. The van der Waals surface area contributed by atoms with Gasteiger partial charge in [0.15, 0.2) is 0 Å². The van der Waals surface area contributed by atoms with E-state index in [0.29, 0.717) is 22.1 Å². The third-order valence-electron chi connectivity index (χ3n) is 13.6. The molecular weight excluding hydrogens is 809 g/mol. The Morgan fingerprint density at radius 3 is 1.11 bits per heavy atom. The zero-order chi connectivity index (χ0) is 43.6. The SMILES string of the molecule is O=c1c2ccc(-c3ccc4c5c3cccc5c(=O)n3c5cc(-c6ccccc6)cc(-c6ccccc6)c5nc43)c3cccc(c32)c2nc3c(-c4ccccc4)cc(-c4ccccc4)cc3n12. The van der Waals surface area contributed by atoms with E-state index in [9.17, 15) is 9.59 Å². The molecule has 0 amide bonds. The molecule has 0 unspecified atom stereocenters. The van der Waals surface area contributed by atoms with E-state index < -0.39 is 0 Å². The third-order valence-corrected chi connectivity index (χ3v) is 13.6. The highest BCUT2D eigenvalue weighted by molar-refractivity contribution is 6.24. The lowest BCUT2D eigenvalue weighted by atomic mass is 9.90. The van der Waals surface area contributed by atoms with E-state index in [1.807, 2.05) is 91.0 Å². The summed E-state index contributed by atoms with van der Waals surface area (Å²) in [5.74, 6) is 0. The standard InChI is InChI=1S/C60H34N4O2/c65-59-47-26-14-24-44-41(27-29-46(54(44)47)58-62-56-50(38-21-11-4-12-22-38)32-40(34-52(56)64(58)59)36-17-7-2-8-18-36)42-28-30-48-53-43(42)23-13-25-45(53)57-61-55-49(37-19-9-3-10-20-37)31-39(35-15-5-1-6-16-35)33-51(55)63(57)60(48)66/h1-34H. The van der Waals surface area contributed by atoms with Gasteiger partial charge in [0.05, 0.1) is 22.1 Å². The van der Waals surface area contributed by atoms with Gasteiger partial charge in [0.2, 0.25) is 0 Å². The molecule has 0 aliphatic carbocycles. The van der Waals surface area contributed by atoms with Crippen LogP contribution in [0.15, 0.2) is 216 Å². The highest BCUT2D eigenvalue weighted by Gasteiger charge is 2.24. The van der Waals surface area contributed by atoms with Crippen molar-refractivity contribution in [3.63, 3.8) is 0 Å². The van der Waals surface area contributed by atoms with Gasteiger partial charge in [-0.3, -0.25) is 18.4 Å². The van der Waals surface area contributed by atoms with Crippen molar-refractivity contribution in [3.8, 4) is 55.6 Å². The summed E-state index contributed by atoms with van der Waals surface area (Å²) in [6.45, 7) is 0.